The van der Waals surface area contributed by atoms with Gasteiger partial charge in [-0.15, -0.1) is 0 Å². The first-order valence-electron chi connectivity index (χ1n) is 12.5. The molecule has 1 N–H and O–H groups in total. The minimum absolute atomic E-state index is 0.157. The van der Waals surface area contributed by atoms with Gasteiger partial charge < -0.3 is 15.0 Å². The first-order chi connectivity index (χ1) is 18.3. The van der Waals surface area contributed by atoms with Crippen molar-refractivity contribution in [2.24, 2.45) is 0 Å². The lowest BCUT2D eigenvalue weighted by atomic mass is 10.1. The molecule has 37 heavy (non-hydrogen) atoms. The molecule has 0 radical (unpaired) electrons. The predicted molar refractivity (Wildman–Crippen MR) is 141 cm³/mol. The summed E-state index contributed by atoms with van der Waals surface area (Å²) in [5.74, 6) is 1.98. The molecule has 1 fully saturated rings. The summed E-state index contributed by atoms with van der Waals surface area (Å²) < 4.78 is 8.15. The number of rotatable bonds is 8. The molecular formula is C28H27N7O2. The van der Waals surface area contributed by atoms with Crippen LogP contribution in [0.1, 0.15) is 28.9 Å². The highest BCUT2D eigenvalue weighted by molar-refractivity contribution is 5.97. The highest BCUT2D eigenvalue weighted by Gasteiger charge is 2.28. The lowest BCUT2D eigenvalue weighted by Crippen LogP contribution is -2.35. The minimum Gasteiger partial charge on any atom is -0.491 e. The van der Waals surface area contributed by atoms with Crippen LogP contribution in [-0.4, -0.2) is 56.2 Å². The summed E-state index contributed by atoms with van der Waals surface area (Å²) in [6, 6.07) is 21.7. The van der Waals surface area contributed by atoms with Crippen LogP contribution >= 0.6 is 0 Å². The second-order valence-corrected chi connectivity index (χ2v) is 9.09. The number of carbonyl (C=O) groups excluding carboxylic acids is 1. The number of pyridine rings is 1. The molecule has 1 unspecified atom stereocenters. The van der Waals surface area contributed by atoms with Gasteiger partial charge in [-0.1, -0.05) is 42.5 Å². The molecule has 1 aliphatic rings. The van der Waals surface area contributed by atoms with Crippen LogP contribution in [0.15, 0.2) is 79.3 Å². The Bertz CT molecular complexity index is 1540. The van der Waals surface area contributed by atoms with Crippen LogP contribution < -0.4 is 15.0 Å². The van der Waals surface area contributed by atoms with Crippen molar-refractivity contribution in [3.05, 3.63) is 90.5 Å². The van der Waals surface area contributed by atoms with E-state index in [9.17, 15) is 4.79 Å². The Balaban J connectivity index is 1.19. The van der Waals surface area contributed by atoms with E-state index in [1.54, 1.807) is 16.8 Å². The van der Waals surface area contributed by atoms with Gasteiger partial charge in [0.1, 0.15) is 30.2 Å². The number of ether oxygens (including phenoxy) is 1. The number of benzene rings is 2. The third-order valence-corrected chi connectivity index (χ3v) is 6.72. The van der Waals surface area contributed by atoms with Crippen molar-refractivity contribution in [3.8, 4) is 5.75 Å². The molecule has 1 amide bonds. The molecule has 0 spiro atoms. The number of nitrogens with one attached hydrogen (secondary N) is 1. The van der Waals surface area contributed by atoms with Crippen molar-refractivity contribution in [1.82, 2.24) is 29.9 Å². The zero-order chi connectivity index (χ0) is 25.0. The fraction of sp³-hybridized carbons (Fsp3) is 0.250. The van der Waals surface area contributed by atoms with Gasteiger partial charge in [0.25, 0.3) is 11.7 Å². The summed E-state index contributed by atoms with van der Waals surface area (Å²) in [5.41, 5.74) is 2.26. The molecule has 4 heterocycles. The molecule has 9 heteroatoms. The molecule has 1 aliphatic heterocycles. The number of hydrogen-bond donors (Lipinski definition) is 1. The molecule has 2 aromatic carbocycles. The zero-order valence-electron chi connectivity index (χ0n) is 20.3. The summed E-state index contributed by atoms with van der Waals surface area (Å²) in [6.45, 7) is 1.91. The summed E-state index contributed by atoms with van der Waals surface area (Å²) in [4.78, 5) is 28.4. The van der Waals surface area contributed by atoms with E-state index in [1.807, 2.05) is 48.5 Å². The van der Waals surface area contributed by atoms with E-state index in [4.69, 9.17) is 4.74 Å². The van der Waals surface area contributed by atoms with Gasteiger partial charge in [-0.05, 0) is 43.0 Å². The maximum Gasteiger partial charge on any atom is 0.270 e. The second-order valence-electron chi connectivity index (χ2n) is 9.09. The van der Waals surface area contributed by atoms with Crippen LogP contribution in [0.4, 0.5) is 5.82 Å². The quantitative estimate of drug-likeness (QED) is 0.352. The third kappa shape index (κ3) is 4.80. The van der Waals surface area contributed by atoms with Gasteiger partial charge in [-0.2, -0.15) is 14.6 Å². The van der Waals surface area contributed by atoms with Gasteiger partial charge >= 0.3 is 0 Å². The van der Waals surface area contributed by atoms with E-state index in [2.05, 4.69) is 42.4 Å². The Hall–Kier alpha value is -4.53. The third-order valence-electron chi connectivity index (χ3n) is 6.72. The molecule has 5 aromatic rings. The van der Waals surface area contributed by atoms with Gasteiger partial charge in [0.2, 0.25) is 0 Å². The largest absolute Gasteiger partial charge is 0.491 e. The Morgan fingerprint density at radius 2 is 1.92 bits per heavy atom. The number of fused-ring (bicyclic) bond motifs is 2. The van der Waals surface area contributed by atoms with Gasteiger partial charge in [0.05, 0.1) is 11.6 Å². The normalized spacial score (nSPS) is 15.4. The summed E-state index contributed by atoms with van der Waals surface area (Å²) in [6.07, 6.45) is 6.08. The van der Waals surface area contributed by atoms with Gasteiger partial charge in [-0.25, -0.2) is 9.97 Å². The van der Waals surface area contributed by atoms with Gasteiger partial charge in [0.15, 0.2) is 0 Å². The van der Waals surface area contributed by atoms with Crippen LogP contribution in [0.3, 0.4) is 0 Å². The van der Waals surface area contributed by atoms with Crippen molar-refractivity contribution in [2.45, 2.75) is 25.3 Å². The standard InChI is InChI=1S/C28H27N7O2/c36-27(29-14-12-20-7-2-1-3-8-20)24-17-25(22-10-4-5-11-23(22)33-24)37-18-21-9-6-16-34(21)26-13-15-30-28-31-19-32-35(26)28/h1-5,7-8,10-11,13,15,17,19,21H,6,9,12,14,16,18H2,(H,29,36). The molecule has 0 bridgehead atoms. The Morgan fingerprint density at radius 1 is 1.05 bits per heavy atom. The highest BCUT2D eigenvalue weighted by atomic mass is 16.5. The maximum absolute atomic E-state index is 13.0. The fourth-order valence-electron chi connectivity index (χ4n) is 4.88. The monoisotopic (exact) mass is 493 g/mol. The van der Waals surface area contributed by atoms with Crippen LogP contribution in [-0.2, 0) is 6.42 Å². The first kappa shape index (κ1) is 22.9. The molecular weight excluding hydrogens is 466 g/mol. The van der Waals surface area contributed by atoms with Crippen molar-refractivity contribution in [2.75, 3.05) is 24.6 Å². The molecule has 6 rings (SSSR count). The predicted octanol–water partition coefficient (Wildman–Crippen LogP) is 3.69. The maximum atomic E-state index is 13.0. The van der Waals surface area contributed by atoms with Crippen LogP contribution in [0, 0.1) is 0 Å². The van der Waals surface area contributed by atoms with Gasteiger partial charge in [0, 0.05) is 30.7 Å². The van der Waals surface area contributed by atoms with Crippen molar-refractivity contribution >= 4 is 28.4 Å². The molecule has 186 valence electrons. The molecule has 0 aliphatic carbocycles. The lowest BCUT2D eigenvalue weighted by molar-refractivity contribution is 0.0949. The summed E-state index contributed by atoms with van der Waals surface area (Å²) in [5, 5.41) is 8.22. The average molecular weight is 494 g/mol. The number of aromatic nitrogens is 5. The zero-order valence-corrected chi connectivity index (χ0v) is 20.3. The topological polar surface area (TPSA) is 97.5 Å². The molecule has 9 nitrogen and oxygen atoms in total. The van der Waals surface area contributed by atoms with E-state index in [-0.39, 0.29) is 11.9 Å². The van der Waals surface area contributed by atoms with E-state index in [1.165, 1.54) is 11.9 Å². The second kappa shape index (κ2) is 10.2. The number of anilines is 1. The molecule has 3 aromatic heterocycles. The lowest BCUT2D eigenvalue weighted by Gasteiger charge is -2.26. The fourth-order valence-corrected chi connectivity index (χ4v) is 4.88. The molecule has 1 saturated heterocycles. The van der Waals surface area contributed by atoms with Crippen LogP contribution in [0.25, 0.3) is 16.7 Å². The van der Waals surface area contributed by atoms with Crippen LogP contribution in [0.2, 0.25) is 0 Å². The summed E-state index contributed by atoms with van der Waals surface area (Å²) >= 11 is 0. The van der Waals surface area contributed by atoms with Gasteiger partial charge in [-0.3, -0.25) is 4.79 Å². The molecule has 1 atom stereocenters. The Morgan fingerprint density at radius 3 is 2.84 bits per heavy atom. The number of hydrogen-bond acceptors (Lipinski definition) is 7. The Labute approximate surface area is 214 Å². The minimum atomic E-state index is -0.209. The van der Waals surface area contributed by atoms with Crippen LogP contribution in [0.5, 0.6) is 5.75 Å². The van der Waals surface area contributed by atoms with Crippen molar-refractivity contribution in [1.29, 1.82) is 0 Å². The van der Waals surface area contributed by atoms with E-state index < -0.39 is 0 Å². The first-order valence-corrected chi connectivity index (χ1v) is 12.5. The van der Waals surface area contributed by atoms with E-state index >= 15 is 0 Å². The molecule has 0 saturated carbocycles. The smallest absolute Gasteiger partial charge is 0.270 e. The van der Waals surface area contributed by atoms with E-state index in [0.29, 0.717) is 30.4 Å². The number of nitrogens with zero attached hydrogens (tertiary/aromatic N) is 6. The Kier molecular flexibility index (Phi) is 6.33. The average Bonchev–Trinajstić information content (AvgIpc) is 3.62. The highest BCUT2D eigenvalue weighted by Crippen LogP contribution is 2.29. The SMILES string of the molecule is O=C(NCCc1ccccc1)c1cc(OCC2CCCN2c2ccnc3ncnn23)c2ccccc2n1. The van der Waals surface area contributed by atoms with Crippen molar-refractivity contribution < 1.29 is 9.53 Å². The number of carbonyl (C=O) groups is 1. The number of amides is 1. The van der Waals surface area contributed by atoms with E-state index in [0.717, 1.165) is 42.5 Å². The van der Waals surface area contributed by atoms with Crippen molar-refractivity contribution in [3.63, 3.8) is 0 Å². The summed E-state index contributed by atoms with van der Waals surface area (Å²) in [7, 11) is 0. The number of para-hydroxylation sites is 1.